The standard InChI is InChI=1S/C20H28N2O6/c1-5-12(2)19(24)22-8-6-7-13(11-22)18(23)21-15-9-14(20(25)26)10-16(27-3)17(15)28-4/h9-10,12-13H,5-8,11H2,1-4H3,(H,21,23)(H,25,26). The number of carboxylic acid groups (broad SMARTS) is 1. The Balaban J connectivity index is 2.20. The lowest BCUT2D eigenvalue weighted by Crippen LogP contribution is -2.45. The Morgan fingerprint density at radius 2 is 2.00 bits per heavy atom. The van der Waals surface area contributed by atoms with Crippen LogP contribution in [0.1, 0.15) is 43.5 Å². The Hall–Kier alpha value is -2.77. The smallest absolute Gasteiger partial charge is 0.335 e. The number of carboxylic acids is 1. The van der Waals surface area contributed by atoms with Crippen LogP contribution < -0.4 is 14.8 Å². The van der Waals surface area contributed by atoms with Crippen LogP contribution in [0.4, 0.5) is 5.69 Å². The quantitative estimate of drug-likeness (QED) is 0.739. The fourth-order valence-electron chi connectivity index (χ4n) is 3.29. The molecule has 1 aliphatic rings. The molecule has 1 fully saturated rings. The largest absolute Gasteiger partial charge is 0.493 e. The molecule has 2 N–H and O–H groups in total. The number of benzene rings is 1. The molecule has 1 aromatic rings. The van der Waals surface area contributed by atoms with Crippen LogP contribution in [0.15, 0.2) is 12.1 Å². The predicted octanol–water partition coefficient (Wildman–Crippen LogP) is 2.63. The first-order valence-electron chi connectivity index (χ1n) is 9.41. The lowest BCUT2D eigenvalue weighted by Gasteiger charge is -2.33. The molecule has 2 unspecified atom stereocenters. The number of amides is 2. The van der Waals surface area contributed by atoms with Crippen molar-refractivity contribution in [2.24, 2.45) is 11.8 Å². The van der Waals surface area contributed by atoms with Crippen LogP contribution in [0, 0.1) is 11.8 Å². The van der Waals surface area contributed by atoms with E-state index in [1.54, 1.807) is 4.90 Å². The molecule has 0 aliphatic carbocycles. The molecule has 0 bridgehead atoms. The number of carbonyl (C=O) groups is 3. The molecule has 8 heteroatoms. The fraction of sp³-hybridized carbons (Fsp3) is 0.550. The molecule has 0 radical (unpaired) electrons. The van der Waals surface area contributed by atoms with Gasteiger partial charge in [0.1, 0.15) is 0 Å². The number of likely N-dealkylation sites (tertiary alicyclic amines) is 1. The zero-order valence-corrected chi connectivity index (χ0v) is 16.8. The van der Waals surface area contributed by atoms with E-state index in [0.717, 1.165) is 12.8 Å². The van der Waals surface area contributed by atoms with Gasteiger partial charge < -0.3 is 24.8 Å². The maximum Gasteiger partial charge on any atom is 0.335 e. The van der Waals surface area contributed by atoms with Crippen molar-refractivity contribution in [2.45, 2.75) is 33.1 Å². The molecule has 28 heavy (non-hydrogen) atoms. The van der Waals surface area contributed by atoms with Gasteiger partial charge in [-0.05, 0) is 31.4 Å². The van der Waals surface area contributed by atoms with Gasteiger partial charge in [-0.1, -0.05) is 13.8 Å². The molecule has 0 spiro atoms. The number of nitrogens with zero attached hydrogens (tertiary/aromatic N) is 1. The van der Waals surface area contributed by atoms with Crippen LogP contribution in [-0.2, 0) is 9.59 Å². The predicted molar refractivity (Wildman–Crippen MR) is 104 cm³/mol. The first-order valence-corrected chi connectivity index (χ1v) is 9.41. The third kappa shape index (κ3) is 4.74. The SMILES string of the molecule is CCC(C)C(=O)N1CCCC(C(=O)Nc2cc(C(=O)O)cc(OC)c2OC)C1. The van der Waals surface area contributed by atoms with Crippen molar-refractivity contribution >= 4 is 23.5 Å². The average Bonchev–Trinajstić information content (AvgIpc) is 2.71. The number of nitrogens with one attached hydrogen (secondary N) is 1. The highest BCUT2D eigenvalue weighted by Crippen LogP contribution is 2.37. The highest BCUT2D eigenvalue weighted by Gasteiger charge is 2.30. The summed E-state index contributed by atoms with van der Waals surface area (Å²) in [6.07, 6.45) is 2.16. The number of hydrogen-bond acceptors (Lipinski definition) is 5. The van der Waals surface area contributed by atoms with Crippen molar-refractivity contribution in [3.63, 3.8) is 0 Å². The summed E-state index contributed by atoms with van der Waals surface area (Å²) in [6, 6.07) is 2.68. The first-order chi connectivity index (χ1) is 13.3. The Morgan fingerprint density at radius 1 is 1.29 bits per heavy atom. The minimum atomic E-state index is -1.14. The summed E-state index contributed by atoms with van der Waals surface area (Å²) in [5, 5.41) is 12.1. The van der Waals surface area contributed by atoms with Crippen molar-refractivity contribution in [1.82, 2.24) is 4.90 Å². The molecule has 1 aliphatic heterocycles. The van der Waals surface area contributed by atoms with Gasteiger partial charge in [0.2, 0.25) is 11.8 Å². The lowest BCUT2D eigenvalue weighted by atomic mass is 9.95. The van der Waals surface area contributed by atoms with Crippen molar-refractivity contribution in [3.8, 4) is 11.5 Å². The number of hydrogen-bond donors (Lipinski definition) is 2. The zero-order chi connectivity index (χ0) is 20.8. The Labute approximate surface area is 164 Å². The Kier molecular flexibility index (Phi) is 7.25. The molecule has 1 saturated heterocycles. The number of anilines is 1. The Morgan fingerprint density at radius 3 is 2.57 bits per heavy atom. The second-order valence-corrected chi connectivity index (χ2v) is 6.99. The van der Waals surface area contributed by atoms with E-state index in [4.69, 9.17) is 9.47 Å². The van der Waals surface area contributed by atoms with E-state index in [1.165, 1.54) is 26.4 Å². The number of aromatic carboxylic acids is 1. The van der Waals surface area contributed by atoms with Crippen molar-refractivity contribution in [2.75, 3.05) is 32.6 Å². The zero-order valence-electron chi connectivity index (χ0n) is 16.8. The summed E-state index contributed by atoms with van der Waals surface area (Å²) in [4.78, 5) is 38.4. The number of rotatable bonds is 7. The topological polar surface area (TPSA) is 105 Å². The van der Waals surface area contributed by atoms with Gasteiger partial charge in [-0.3, -0.25) is 9.59 Å². The molecule has 2 amide bonds. The number of ether oxygens (including phenoxy) is 2. The molecule has 0 saturated carbocycles. The van der Waals surface area contributed by atoms with Gasteiger partial charge in [-0.15, -0.1) is 0 Å². The van der Waals surface area contributed by atoms with Crippen LogP contribution in [0.2, 0.25) is 0 Å². The van der Waals surface area contributed by atoms with Gasteiger partial charge >= 0.3 is 5.97 Å². The van der Waals surface area contributed by atoms with Crippen LogP contribution in [0.3, 0.4) is 0 Å². The third-order valence-electron chi connectivity index (χ3n) is 5.12. The van der Waals surface area contributed by atoms with E-state index in [0.29, 0.717) is 19.5 Å². The number of carbonyl (C=O) groups excluding carboxylic acids is 2. The maximum atomic E-state index is 12.8. The molecule has 8 nitrogen and oxygen atoms in total. The van der Waals surface area contributed by atoms with Crippen LogP contribution in [0.5, 0.6) is 11.5 Å². The minimum Gasteiger partial charge on any atom is -0.493 e. The maximum absolute atomic E-state index is 12.8. The van der Waals surface area contributed by atoms with Gasteiger partial charge in [-0.2, -0.15) is 0 Å². The number of methoxy groups -OCH3 is 2. The van der Waals surface area contributed by atoms with Crippen LogP contribution in [-0.4, -0.2) is 55.1 Å². The molecule has 1 heterocycles. The van der Waals surface area contributed by atoms with E-state index >= 15 is 0 Å². The molecule has 1 aromatic carbocycles. The van der Waals surface area contributed by atoms with E-state index in [-0.39, 0.29) is 46.4 Å². The Bertz CT molecular complexity index is 748. The lowest BCUT2D eigenvalue weighted by molar-refractivity contribution is -0.138. The van der Waals surface area contributed by atoms with Gasteiger partial charge in [0.15, 0.2) is 11.5 Å². The number of piperidine rings is 1. The highest BCUT2D eigenvalue weighted by atomic mass is 16.5. The van der Waals surface area contributed by atoms with Gasteiger partial charge in [-0.25, -0.2) is 4.79 Å². The monoisotopic (exact) mass is 392 g/mol. The molecule has 2 rings (SSSR count). The van der Waals surface area contributed by atoms with E-state index in [2.05, 4.69) is 5.32 Å². The molecular weight excluding hydrogens is 364 g/mol. The van der Waals surface area contributed by atoms with E-state index in [1.807, 2.05) is 13.8 Å². The second-order valence-electron chi connectivity index (χ2n) is 6.99. The van der Waals surface area contributed by atoms with Crippen LogP contribution >= 0.6 is 0 Å². The van der Waals surface area contributed by atoms with Crippen molar-refractivity contribution in [1.29, 1.82) is 0 Å². The van der Waals surface area contributed by atoms with Crippen LogP contribution in [0.25, 0.3) is 0 Å². The molecule has 2 atom stereocenters. The minimum absolute atomic E-state index is 0.0230. The summed E-state index contributed by atoms with van der Waals surface area (Å²) >= 11 is 0. The van der Waals surface area contributed by atoms with Gasteiger partial charge in [0.25, 0.3) is 0 Å². The third-order valence-corrected chi connectivity index (χ3v) is 5.12. The summed E-state index contributed by atoms with van der Waals surface area (Å²) in [5.74, 6) is -1.32. The molecule has 154 valence electrons. The summed E-state index contributed by atoms with van der Waals surface area (Å²) in [5.41, 5.74) is 0.208. The average molecular weight is 392 g/mol. The first kappa shape index (κ1) is 21.5. The summed E-state index contributed by atoms with van der Waals surface area (Å²) in [7, 11) is 2.82. The van der Waals surface area contributed by atoms with Gasteiger partial charge in [0.05, 0.1) is 31.4 Å². The second kappa shape index (κ2) is 9.43. The van der Waals surface area contributed by atoms with Gasteiger partial charge in [0, 0.05) is 19.0 Å². The van der Waals surface area contributed by atoms with E-state index in [9.17, 15) is 19.5 Å². The molecule has 0 aromatic heterocycles. The fourth-order valence-corrected chi connectivity index (χ4v) is 3.29. The summed E-state index contributed by atoms with van der Waals surface area (Å²) in [6.45, 7) is 4.86. The molecular formula is C20H28N2O6. The summed E-state index contributed by atoms with van der Waals surface area (Å²) < 4.78 is 10.5. The van der Waals surface area contributed by atoms with Crippen molar-refractivity contribution in [3.05, 3.63) is 17.7 Å². The highest BCUT2D eigenvalue weighted by molar-refractivity contribution is 5.98. The van der Waals surface area contributed by atoms with E-state index < -0.39 is 5.97 Å². The normalized spacial score (nSPS) is 17.6. The van der Waals surface area contributed by atoms with Crippen molar-refractivity contribution < 1.29 is 29.0 Å².